The third-order valence-electron chi connectivity index (χ3n) is 6.59. The van der Waals surface area contributed by atoms with E-state index in [1.807, 2.05) is 18.3 Å². The van der Waals surface area contributed by atoms with E-state index in [1.165, 1.54) is 12.1 Å². The van der Waals surface area contributed by atoms with Gasteiger partial charge in [0.15, 0.2) is 0 Å². The Morgan fingerprint density at radius 3 is 2.58 bits per heavy atom. The molecule has 0 spiro atoms. The van der Waals surface area contributed by atoms with Gasteiger partial charge < -0.3 is 5.32 Å². The van der Waals surface area contributed by atoms with Crippen LogP contribution in [-0.2, 0) is 6.54 Å². The first-order valence-corrected chi connectivity index (χ1v) is 11.8. The predicted molar refractivity (Wildman–Crippen MR) is 122 cm³/mol. The van der Waals surface area contributed by atoms with Crippen LogP contribution in [0.25, 0.3) is 10.9 Å². The van der Waals surface area contributed by atoms with E-state index in [-0.39, 0.29) is 17.5 Å². The summed E-state index contributed by atoms with van der Waals surface area (Å²) in [7, 11) is 2.06. The third-order valence-corrected chi connectivity index (χ3v) is 7.76. The zero-order valence-electron chi connectivity index (χ0n) is 18.1. The summed E-state index contributed by atoms with van der Waals surface area (Å²) in [6.07, 6.45) is 2.69. The molecule has 1 saturated heterocycles. The van der Waals surface area contributed by atoms with Crippen LogP contribution in [0, 0.1) is 17.6 Å². The summed E-state index contributed by atoms with van der Waals surface area (Å²) in [5, 5.41) is 11.8. The summed E-state index contributed by atoms with van der Waals surface area (Å²) in [4.78, 5) is 2.92. The Labute approximate surface area is 185 Å². The number of hydrogen-bond acceptors (Lipinski definition) is 4. The summed E-state index contributed by atoms with van der Waals surface area (Å²) in [6, 6.07) is 7.09. The van der Waals surface area contributed by atoms with Gasteiger partial charge in [0.2, 0.25) is 0 Å². The molecule has 0 radical (unpaired) electrons. The van der Waals surface area contributed by atoms with Gasteiger partial charge in [0.05, 0.1) is 11.7 Å². The number of halogens is 2. The molecular formula is C24H28F2N4S. The van der Waals surface area contributed by atoms with Crippen LogP contribution in [-0.4, -0.2) is 46.5 Å². The molecule has 31 heavy (non-hydrogen) atoms. The first-order valence-electron chi connectivity index (χ1n) is 10.9. The highest BCUT2D eigenvalue weighted by Crippen LogP contribution is 2.44. The van der Waals surface area contributed by atoms with Gasteiger partial charge in [0.1, 0.15) is 11.6 Å². The number of thioether (sulfide) groups is 1. The number of benzene rings is 2. The monoisotopic (exact) mass is 442 g/mol. The number of H-pyrrole nitrogens is 1. The smallest absolute Gasteiger partial charge is 0.131 e. The minimum atomic E-state index is -0.443. The van der Waals surface area contributed by atoms with E-state index >= 15 is 8.78 Å². The highest BCUT2D eigenvalue weighted by molar-refractivity contribution is 8.00. The number of aromatic nitrogens is 2. The van der Waals surface area contributed by atoms with Crippen molar-refractivity contribution in [3.63, 3.8) is 0 Å². The molecule has 2 N–H and O–H groups in total. The highest BCUT2D eigenvalue weighted by atomic mass is 32.2. The SMILES string of the molecule is CC(C)C[C@H]1[C@H](c2c(F)cc(SC3CNC3)cc2F)c2ccc3[nH]ncc3c2CN1C. The number of fused-ring (bicyclic) bond motifs is 3. The average Bonchev–Trinajstić information content (AvgIpc) is 3.15. The van der Waals surface area contributed by atoms with E-state index in [0.717, 1.165) is 48.1 Å². The van der Waals surface area contributed by atoms with Crippen LogP contribution in [0.15, 0.2) is 35.4 Å². The number of rotatable bonds is 5. The molecule has 3 aromatic rings. The Morgan fingerprint density at radius 1 is 1.19 bits per heavy atom. The Bertz CT molecular complexity index is 1090. The van der Waals surface area contributed by atoms with Gasteiger partial charge in [-0.2, -0.15) is 5.10 Å². The molecule has 3 heterocycles. The van der Waals surface area contributed by atoms with E-state index < -0.39 is 11.6 Å². The molecule has 164 valence electrons. The zero-order valence-corrected chi connectivity index (χ0v) is 18.9. The molecule has 1 aromatic heterocycles. The molecule has 2 aliphatic rings. The van der Waals surface area contributed by atoms with Crippen LogP contribution >= 0.6 is 11.8 Å². The minimum Gasteiger partial charge on any atom is -0.314 e. The summed E-state index contributed by atoms with van der Waals surface area (Å²) in [5.41, 5.74) is 3.27. The Balaban J connectivity index is 1.64. The van der Waals surface area contributed by atoms with Crippen LogP contribution in [0.2, 0.25) is 0 Å². The van der Waals surface area contributed by atoms with Crippen LogP contribution in [0.1, 0.15) is 42.9 Å². The van der Waals surface area contributed by atoms with Gasteiger partial charge in [-0.1, -0.05) is 19.9 Å². The summed E-state index contributed by atoms with van der Waals surface area (Å²) >= 11 is 1.55. The third kappa shape index (κ3) is 3.77. The van der Waals surface area contributed by atoms with Crippen molar-refractivity contribution >= 4 is 22.7 Å². The second-order valence-corrected chi connectivity index (χ2v) is 10.6. The number of nitrogens with zero attached hydrogens (tertiary/aromatic N) is 2. The fourth-order valence-electron chi connectivity index (χ4n) is 5.00. The van der Waals surface area contributed by atoms with Crippen molar-refractivity contribution in [2.24, 2.45) is 5.92 Å². The van der Waals surface area contributed by atoms with Gasteiger partial charge in [-0.3, -0.25) is 10.00 Å². The van der Waals surface area contributed by atoms with Crippen LogP contribution in [0.3, 0.4) is 0 Å². The van der Waals surface area contributed by atoms with Gasteiger partial charge in [0.25, 0.3) is 0 Å². The molecule has 2 atom stereocenters. The second kappa shape index (κ2) is 8.19. The maximum atomic E-state index is 15.5. The molecule has 2 aromatic carbocycles. The zero-order chi connectivity index (χ0) is 21.7. The van der Waals surface area contributed by atoms with Gasteiger partial charge in [-0.25, -0.2) is 8.78 Å². The Morgan fingerprint density at radius 2 is 1.94 bits per heavy atom. The van der Waals surface area contributed by atoms with E-state index in [1.54, 1.807) is 11.8 Å². The lowest BCUT2D eigenvalue weighted by Crippen LogP contribution is -2.44. The Hall–Kier alpha value is -1.96. The number of likely N-dealkylation sites (N-methyl/N-ethyl adjacent to an activating group) is 1. The van der Waals surface area contributed by atoms with Gasteiger partial charge in [-0.05, 0) is 48.7 Å². The van der Waals surface area contributed by atoms with Crippen molar-refractivity contribution < 1.29 is 8.78 Å². The van der Waals surface area contributed by atoms with Gasteiger partial charge in [0, 0.05) is 52.7 Å². The maximum absolute atomic E-state index is 15.5. The lowest BCUT2D eigenvalue weighted by molar-refractivity contribution is 0.169. The van der Waals surface area contributed by atoms with E-state index in [2.05, 4.69) is 41.3 Å². The average molecular weight is 443 g/mol. The number of hydrogen-bond donors (Lipinski definition) is 2. The summed E-state index contributed by atoms with van der Waals surface area (Å²) < 4.78 is 31.1. The fourth-order valence-corrected chi connectivity index (χ4v) is 6.13. The molecular weight excluding hydrogens is 414 g/mol. The molecule has 0 unspecified atom stereocenters. The lowest BCUT2D eigenvalue weighted by Gasteiger charge is -2.42. The molecule has 2 aliphatic heterocycles. The van der Waals surface area contributed by atoms with Crippen molar-refractivity contribution in [1.29, 1.82) is 0 Å². The molecule has 0 aliphatic carbocycles. The maximum Gasteiger partial charge on any atom is 0.131 e. The van der Waals surface area contributed by atoms with Crippen molar-refractivity contribution in [2.75, 3.05) is 20.1 Å². The first-order chi connectivity index (χ1) is 14.9. The molecule has 0 bridgehead atoms. The normalized spacial score (nSPS) is 22.1. The van der Waals surface area contributed by atoms with Gasteiger partial charge in [-0.15, -0.1) is 11.8 Å². The second-order valence-electron chi connectivity index (χ2n) is 9.25. The topological polar surface area (TPSA) is 44.0 Å². The van der Waals surface area contributed by atoms with Crippen molar-refractivity contribution in [1.82, 2.24) is 20.4 Å². The van der Waals surface area contributed by atoms with Crippen LogP contribution in [0.5, 0.6) is 0 Å². The molecule has 1 fully saturated rings. The van der Waals surface area contributed by atoms with Crippen molar-refractivity contribution in [3.05, 3.63) is 58.8 Å². The van der Waals surface area contributed by atoms with E-state index in [9.17, 15) is 0 Å². The predicted octanol–water partition coefficient (Wildman–Crippen LogP) is 4.90. The lowest BCUT2D eigenvalue weighted by atomic mass is 9.75. The van der Waals surface area contributed by atoms with Crippen LogP contribution < -0.4 is 5.32 Å². The van der Waals surface area contributed by atoms with Crippen molar-refractivity contribution in [3.8, 4) is 0 Å². The number of aromatic amines is 1. The van der Waals surface area contributed by atoms with E-state index in [4.69, 9.17) is 0 Å². The first kappa shape index (κ1) is 20.9. The highest BCUT2D eigenvalue weighted by Gasteiger charge is 2.38. The molecule has 4 nitrogen and oxygen atoms in total. The molecule has 0 amide bonds. The molecule has 7 heteroatoms. The quantitative estimate of drug-likeness (QED) is 0.590. The Kier molecular flexibility index (Phi) is 5.52. The van der Waals surface area contributed by atoms with Crippen LogP contribution in [0.4, 0.5) is 8.78 Å². The molecule has 5 rings (SSSR count). The van der Waals surface area contributed by atoms with Gasteiger partial charge >= 0.3 is 0 Å². The summed E-state index contributed by atoms with van der Waals surface area (Å²) in [6.45, 7) is 6.84. The standard InChI is InChI=1S/C24H28F2N4S/c1-13(2)6-22-23(16-4-5-21-17(11-28-29-21)18(16)12-30(22)3)24-19(25)7-14(8-20(24)26)31-15-9-27-10-15/h4-5,7-8,11,13,15,22-23,27H,6,9-10,12H2,1-3H3,(H,28,29)/t22-,23+/m0/s1. The van der Waals surface area contributed by atoms with Crippen molar-refractivity contribution in [2.45, 2.75) is 48.9 Å². The summed E-state index contributed by atoms with van der Waals surface area (Å²) in [5.74, 6) is -0.828. The fraction of sp³-hybridized carbons (Fsp3) is 0.458. The van der Waals surface area contributed by atoms with E-state index in [0.29, 0.717) is 16.1 Å². The molecule has 0 saturated carbocycles. The largest absolute Gasteiger partial charge is 0.314 e. The minimum absolute atomic E-state index is 0.0233. The number of nitrogens with one attached hydrogen (secondary N) is 2.